The number of nitrogens with zero attached hydrogens (tertiary/aromatic N) is 2. The number of rotatable bonds is 2. The Balaban J connectivity index is 2.09. The van der Waals surface area contributed by atoms with E-state index in [0.717, 1.165) is 12.3 Å². The summed E-state index contributed by atoms with van der Waals surface area (Å²) in [5.41, 5.74) is -0.312. The van der Waals surface area contributed by atoms with Crippen LogP contribution < -0.4 is 16.0 Å². The van der Waals surface area contributed by atoms with Crippen molar-refractivity contribution in [2.75, 3.05) is 11.2 Å². The van der Waals surface area contributed by atoms with Gasteiger partial charge in [-0.15, -0.1) is 0 Å². The maximum absolute atomic E-state index is 12.6. The molecular formula is C15H14F3N5OS. The van der Waals surface area contributed by atoms with Gasteiger partial charge in [0.05, 0.1) is 22.8 Å². The van der Waals surface area contributed by atoms with Crippen LogP contribution in [-0.4, -0.2) is 23.1 Å². The van der Waals surface area contributed by atoms with E-state index in [2.05, 4.69) is 39.1 Å². The Morgan fingerprint density at radius 2 is 2.08 bits per heavy atom. The molecule has 0 radical (unpaired) electrons. The summed E-state index contributed by atoms with van der Waals surface area (Å²) < 4.78 is 37.9. The van der Waals surface area contributed by atoms with E-state index in [1.165, 1.54) is 30.1 Å². The van der Waals surface area contributed by atoms with Gasteiger partial charge in [-0.1, -0.05) is 24.9 Å². The van der Waals surface area contributed by atoms with Crippen LogP contribution >= 0.6 is 11.8 Å². The number of hydrogen-bond acceptors (Lipinski definition) is 5. The summed E-state index contributed by atoms with van der Waals surface area (Å²) in [7, 11) is 0. The van der Waals surface area contributed by atoms with Gasteiger partial charge >= 0.3 is 12.2 Å². The van der Waals surface area contributed by atoms with Gasteiger partial charge in [-0.25, -0.2) is 9.79 Å². The van der Waals surface area contributed by atoms with Crippen molar-refractivity contribution < 1.29 is 18.0 Å². The zero-order valence-corrected chi connectivity index (χ0v) is 13.7. The van der Waals surface area contributed by atoms with E-state index in [1.807, 2.05) is 0 Å². The summed E-state index contributed by atoms with van der Waals surface area (Å²) >= 11 is 1.36. The minimum atomic E-state index is -4.59. The van der Waals surface area contributed by atoms with Gasteiger partial charge in [-0.2, -0.15) is 13.2 Å². The molecule has 0 spiro atoms. The van der Waals surface area contributed by atoms with E-state index in [0.29, 0.717) is 22.3 Å². The van der Waals surface area contributed by atoms with Gasteiger partial charge in [-0.05, 0) is 18.2 Å². The minimum Gasteiger partial charge on any atom is -0.376 e. The molecule has 0 atom stereocenters. The van der Waals surface area contributed by atoms with Crippen molar-refractivity contribution in [2.24, 2.45) is 4.99 Å². The zero-order valence-electron chi connectivity index (χ0n) is 12.9. The summed E-state index contributed by atoms with van der Waals surface area (Å²) in [4.78, 5) is 19.3. The first-order valence-electron chi connectivity index (χ1n) is 6.85. The Kier molecular flexibility index (Phi) is 5.86. The molecule has 10 heteroatoms. The molecule has 132 valence electrons. The van der Waals surface area contributed by atoms with E-state index in [1.54, 1.807) is 0 Å². The van der Waals surface area contributed by atoms with Gasteiger partial charge in [0, 0.05) is 17.6 Å². The van der Waals surface area contributed by atoms with Crippen LogP contribution in [0.25, 0.3) is 0 Å². The molecule has 2 heterocycles. The van der Waals surface area contributed by atoms with Gasteiger partial charge in [0.1, 0.15) is 5.69 Å². The van der Waals surface area contributed by atoms with Crippen molar-refractivity contribution in [3.63, 3.8) is 0 Å². The quantitative estimate of drug-likeness (QED) is 0.746. The van der Waals surface area contributed by atoms with Gasteiger partial charge in [-0.3, -0.25) is 4.98 Å². The van der Waals surface area contributed by atoms with Crippen LogP contribution in [0.2, 0.25) is 0 Å². The topological polar surface area (TPSA) is 78.4 Å². The van der Waals surface area contributed by atoms with E-state index in [9.17, 15) is 18.0 Å². The number of amides is 2. The smallest absolute Gasteiger partial charge is 0.376 e. The van der Waals surface area contributed by atoms with Crippen LogP contribution in [0.1, 0.15) is 5.69 Å². The molecule has 1 aromatic rings. The summed E-state index contributed by atoms with van der Waals surface area (Å²) in [6.07, 6.45) is -0.717. The largest absolute Gasteiger partial charge is 0.433 e. The molecule has 1 aliphatic heterocycles. The predicted molar refractivity (Wildman–Crippen MR) is 91.8 cm³/mol. The van der Waals surface area contributed by atoms with Gasteiger partial charge in [0.15, 0.2) is 0 Å². The highest BCUT2D eigenvalue weighted by molar-refractivity contribution is 8.02. The first-order chi connectivity index (χ1) is 11.7. The SMILES string of the molecule is C=C1/C=C(/NC(=O)Nc2ccnc(C(F)(F)F)c2)C=NC(=C)SCN1. The lowest BCUT2D eigenvalue weighted by atomic mass is 10.3. The highest BCUT2D eigenvalue weighted by Gasteiger charge is 2.32. The molecule has 1 aromatic heterocycles. The number of alkyl halides is 3. The highest BCUT2D eigenvalue weighted by atomic mass is 32.2. The number of pyridine rings is 1. The summed E-state index contributed by atoms with van der Waals surface area (Å²) in [6, 6.07) is 1.26. The number of urea groups is 1. The summed E-state index contributed by atoms with van der Waals surface area (Å²) in [5, 5.41) is 8.30. The number of thioether (sulfide) groups is 1. The van der Waals surface area contributed by atoms with Gasteiger partial charge in [0.25, 0.3) is 0 Å². The highest BCUT2D eigenvalue weighted by Crippen LogP contribution is 2.28. The average molecular weight is 369 g/mol. The molecule has 0 saturated heterocycles. The molecular weight excluding hydrogens is 355 g/mol. The first kappa shape index (κ1) is 18.6. The van der Waals surface area contributed by atoms with Crippen molar-refractivity contribution in [1.82, 2.24) is 15.6 Å². The Morgan fingerprint density at radius 3 is 2.80 bits per heavy atom. The van der Waals surface area contributed by atoms with Crippen LogP contribution in [0.15, 0.2) is 59.0 Å². The third-order valence-electron chi connectivity index (χ3n) is 2.78. The number of carbonyl (C=O) groups is 1. The van der Waals surface area contributed by atoms with E-state index in [4.69, 9.17) is 0 Å². The van der Waals surface area contributed by atoms with Crippen molar-refractivity contribution in [1.29, 1.82) is 0 Å². The predicted octanol–water partition coefficient (Wildman–Crippen LogP) is 3.46. The molecule has 2 rings (SSSR count). The maximum Gasteiger partial charge on any atom is 0.433 e. The number of nitrogens with one attached hydrogen (secondary N) is 3. The number of aliphatic imine (C=N–C) groups is 1. The Morgan fingerprint density at radius 1 is 1.32 bits per heavy atom. The van der Waals surface area contributed by atoms with Crippen LogP contribution in [-0.2, 0) is 6.18 Å². The van der Waals surface area contributed by atoms with Crippen molar-refractivity contribution in [3.05, 3.63) is 59.7 Å². The van der Waals surface area contributed by atoms with E-state index >= 15 is 0 Å². The second-order valence-electron chi connectivity index (χ2n) is 4.75. The number of carbonyl (C=O) groups excluding carboxylic acids is 1. The number of allylic oxidation sites excluding steroid dienone is 2. The minimum absolute atomic E-state index is 0.0441. The summed E-state index contributed by atoms with van der Waals surface area (Å²) in [6.45, 7) is 7.49. The molecule has 25 heavy (non-hydrogen) atoms. The van der Waals surface area contributed by atoms with E-state index < -0.39 is 17.9 Å². The fourth-order valence-corrected chi connectivity index (χ4v) is 2.24. The molecule has 0 aromatic carbocycles. The third-order valence-corrected chi connectivity index (χ3v) is 3.51. The van der Waals surface area contributed by atoms with E-state index in [-0.39, 0.29) is 5.69 Å². The van der Waals surface area contributed by atoms with Crippen molar-refractivity contribution in [3.8, 4) is 0 Å². The molecule has 0 saturated carbocycles. The van der Waals surface area contributed by atoms with Crippen LogP contribution in [0.5, 0.6) is 0 Å². The molecule has 1 aliphatic rings. The Hall–Kier alpha value is -2.75. The monoisotopic (exact) mass is 369 g/mol. The maximum atomic E-state index is 12.6. The fourth-order valence-electron chi connectivity index (χ4n) is 1.69. The Bertz CT molecular complexity index is 758. The first-order valence-corrected chi connectivity index (χ1v) is 7.84. The lowest BCUT2D eigenvalue weighted by molar-refractivity contribution is -0.141. The molecule has 2 amide bonds. The molecule has 0 unspecified atom stereocenters. The molecule has 0 bridgehead atoms. The normalized spacial score (nSPS) is 17.5. The van der Waals surface area contributed by atoms with Crippen molar-refractivity contribution in [2.45, 2.75) is 6.18 Å². The molecule has 3 N–H and O–H groups in total. The second-order valence-corrected chi connectivity index (χ2v) is 5.80. The third kappa shape index (κ3) is 5.99. The number of aromatic nitrogens is 1. The standard InChI is InChI=1S/C15H14F3N5OS/c1-9-5-12(7-20-10(2)25-8-21-9)23-14(24)22-11-3-4-19-13(6-11)15(16,17)18/h3-7,21H,1-2,8H2,(H2,19,22,23,24)/b12-5+,20-7?. The molecule has 0 aliphatic carbocycles. The number of hydrogen-bond donors (Lipinski definition) is 3. The lowest BCUT2D eigenvalue weighted by Crippen LogP contribution is -2.29. The van der Waals surface area contributed by atoms with Crippen molar-refractivity contribution >= 4 is 29.7 Å². The van der Waals surface area contributed by atoms with Gasteiger partial charge in [0.2, 0.25) is 0 Å². The Labute approximate surface area is 146 Å². The fraction of sp³-hybridized carbons (Fsp3) is 0.133. The van der Waals surface area contributed by atoms with Crippen LogP contribution in [0.4, 0.5) is 23.7 Å². The van der Waals surface area contributed by atoms with Gasteiger partial charge < -0.3 is 16.0 Å². The molecule has 0 fully saturated rings. The number of halogens is 3. The molecule has 6 nitrogen and oxygen atoms in total. The second kappa shape index (κ2) is 7.88. The summed E-state index contributed by atoms with van der Waals surface area (Å²) in [5.74, 6) is 0.516. The number of anilines is 1. The van der Waals surface area contributed by atoms with Crippen LogP contribution in [0, 0.1) is 0 Å². The zero-order chi connectivity index (χ0) is 18.4. The lowest BCUT2D eigenvalue weighted by Gasteiger charge is -2.10. The van der Waals surface area contributed by atoms with Crippen LogP contribution in [0.3, 0.4) is 0 Å². The average Bonchev–Trinajstić information content (AvgIpc) is 2.58.